The van der Waals surface area contributed by atoms with Crippen molar-refractivity contribution in [3.8, 4) is 11.5 Å². The molecular weight excluding hydrogens is 249 g/mol. The zero-order chi connectivity index (χ0) is 11.5. The van der Waals surface area contributed by atoms with E-state index in [2.05, 4.69) is 15.0 Å². The summed E-state index contributed by atoms with van der Waals surface area (Å²) in [4.78, 5) is 11.7. The number of aryl methyl sites for hydroxylation is 1. The van der Waals surface area contributed by atoms with Gasteiger partial charge in [-0.2, -0.15) is 0 Å². The summed E-state index contributed by atoms with van der Waals surface area (Å²) in [5.41, 5.74) is 0.758. The predicted octanol–water partition coefficient (Wildman–Crippen LogP) is 3.28. The molecule has 0 saturated carbocycles. The molecule has 2 aromatic heterocycles. The Morgan fingerprint density at radius 1 is 1.19 bits per heavy atom. The molecule has 2 rings (SSSR count). The van der Waals surface area contributed by atoms with Crippen molar-refractivity contribution in [2.24, 2.45) is 0 Å². The summed E-state index contributed by atoms with van der Waals surface area (Å²) < 4.78 is 5.52. The number of nitrogens with zero attached hydrogens (tertiary/aromatic N) is 3. The molecule has 0 aliphatic carbocycles. The first-order chi connectivity index (χ1) is 7.66. The molecule has 2 heterocycles. The van der Waals surface area contributed by atoms with Crippen LogP contribution in [-0.4, -0.2) is 15.0 Å². The molecule has 16 heavy (non-hydrogen) atoms. The summed E-state index contributed by atoms with van der Waals surface area (Å²) in [6.45, 7) is 1.83. The average Bonchev–Trinajstić information content (AvgIpc) is 2.25. The molecule has 82 valence electrons. The second kappa shape index (κ2) is 4.63. The van der Waals surface area contributed by atoms with E-state index in [1.165, 1.54) is 6.20 Å². The van der Waals surface area contributed by atoms with Crippen molar-refractivity contribution in [2.75, 3.05) is 0 Å². The van der Waals surface area contributed by atoms with E-state index in [4.69, 9.17) is 27.9 Å². The molecule has 2 aromatic rings. The van der Waals surface area contributed by atoms with E-state index < -0.39 is 0 Å². The van der Waals surface area contributed by atoms with Gasteiger partial charge in [-0.25, -0.2) is 9.97 Å². The number of pyridine rings is 1. The van der Waals surface area contributed by atoms with Crippen LogP contribution in [0.25, 0.3) is 0 Å². The highest BCUT2D eigenvalue weighted by Gasteiger charge is 2.08. The Hall–Kier alpha value is -1.39. The van der Waals surface area contributed by atoms with E-state index >= 15 is 0 Å². The third kappa shape index (κ3) is 2.40. The molecule has 0 bridgehead atoms. The smallest absolute Gasteiger partial charge is 0.224 e. The number of hydrogen-bond donors (Lipinski definition) is 0. The fourth-order valence-corrected chi connectivity index (χ4v) is 1.44. The number of halogens is 2. The van der Waals surface area contributed by atoms with Gasteiger partial charge < -0.3 is 4.74 Å². The monoisotopic (exact) mass is 255 g/mol. The molecule has 0 radical (unpaired) electrons. The highest BCUT2D eigenvalue weighted by molar-refractivity contribution is 6.32. The first kappa shape index (κ1) is 11.1. The molecule has 0 N–H and O–H groups in total. The Labute approximate surface area is 102 Å². The van der Waals surface area contributed by atoms with Crippen molar-refractivity contribution in [3.05, 3.63) is 40.7 Å². The van der Waals surface area contributed by atoms with Crippen molar-refractivity contribution < 1.29 is 4.74 Å². The van der Waals surface area contributed by atoms with E-state index in [0.717, 1.165) is 5.69 Å². The third-order valence-corrected chi connectivity index (χ3v) is 2.31. The molecule has 0 unspecified atom stereocenters. The fourth-order valence-electron chi connectivity index (χ4n) is 1.09. The van der Waals surface area contributed by atoms with Gasteiger partial charge in [0.15, 0.2) is 10.9 Å². The van der Waals surface area contributed by atoms with Crippen LogP contribution in [0.2, 0.25) is 10.4 Å². The van der Waals surface area contributed by atoms with E-state index in [-0.39, 0.29) is 10.4 Å². The maximum atomic E-state index is 5.85. The quantitative estimate of drug-likeness (QED) is 0.611. The Morgan fingerprint density at radius 3 is 2.69 bits per heavy atom. The number of rotatable bonds is 2. The predicted molar refractivity (Wildman–Crippen MR) is 61.1 cm³/mol. The van der Waals surface area contributed by atoms with Gasteiger partial charge in [0.2, 0.25) is 5.28 Å². The van der Waals surface area contributed by atoms with Crippen molar-refractivity contribution in [3.63, 3.8) is 0 Å². The van der Waals surface area contributed by atoms with Gasteiger partial charge in [-0.1, -0.05) is 11.6 Å². The topological polar surface area (TPSA) is 47.9 Å². The maximum Gasteiger partial charge on any atom is 0.224 e. The zero-order valence-corrected chi connectivity index (χ0v) is 9.83. The van der Waals surface area contributed by atoms with Crippen LogP contribution >= 0.6 is 23.2 Å². The van der Waals surface area contributed by atoms with E-state index in [9.17, 15) is 0 Å². The molecule has 0 aliphatic heterocycles. The highest BCUT2D eigenvalue weighted by atomic mass is 35.5. The molecule has 0 aliphatic rings. The Kier molecular flexibility index (Phi) is 3.22. The molecule has 6 heteroatoms. The number of aromatic nitrogens is 3. The highest BCUT2D eigenvalue weighted by Crippen LogP contribution is 2.28. The van der Waals surface area contributed by atoms with Gasteiger partial charge in [-0.05, 0) is 30.7 Å². The summed E-state index contributed by atoms with van der Waals surface area (Å²) in [6.07, 6.45) is 3.10. The van der Waals surface area contributed by atoms with E-state index in [1.807, 2.05) is 6.92 Å². The second-order valence-corrected chi connectivity index (χ2v) is 3.68. The normalized spacial score (nSPS) is 10.2. The minimum atomic E-state index is 0.0836. The van der Waals surface area contributed by atoms with Crippen LogP contribution < -0.4 is 4.74 Å². The lowest BCUT2D eigenvalue weighted by Gasteiger charge is -2.07. The van der Waals surface area contributed by atoms with Gasteiger partial charge >= 0.3 is 0 Å². The van der Waals surface area contributed by atoms with Crippen molar-refractivity contribution >= 4 is 23.2 Å². The number of hydrogen-bond acceptors (Lipinski definition) is 4. The summed E-state index contributed by atoms with van der Waals surface area (Å²) in [6, 6.07) is 3.56. The van der Waals surface area contributed by atoms with Gasteiger partial charge in [0.05, 0.1) is 11.9 Å². The van der Waals surface area contributed by atoms with Crippen LogP contribution in [-0.2, 0) is 0 Å². The summed E-state index contributed by atoms with van der Waals surface area (Å²) >= 11 is 11.4. The Balaban J connectivity index is 2.31. The Bertz CT molecular complexity index is 519. The molecule has 0 atom stereocenters. The van der Waals surface area contributed by atoms with Gasteiger partial charge in [0.1, 0.15) is 5.75 Å². The van der Waals surface area contributed by atoms with Crippen LogP contribution in [0.1, 0.15) is 5.69 Å². The summed E-state index contributed by atoms with van der Waals surface area (Å²) in [5, 5.41) is 0.253. The van der Waals surface area contributed by atoms with Crippen LogP contribution in [0, 0.1) is 6.92 Å². The van der Waals surface area contributed by atoms with Crippen LogP contribution in [0.15, 0.2) is 24.5 Å². The number of ether oxygens (including phenoxy) is 1. The van der Waals surface area contributed by atoms with E-state index in [1.54, 1.807) is 18.3 Å². The van der Waals surface area contributed by atoms with Crippen LogP contribution in [0.4, 0.5) is 0 Å². The first-order valence-electron chi connectivity index (χ1n) is 4.44. The molecule has 0 spiro atoms. The minimum absolute atomic E-state index is 0.0836. The fraction of sp³-hybridized carbons (Fsp3) is 0.100. The molecule has 0 aromatic carbocycles. The lowest BCUT2D eigenvalue weighted by Crippen LogP contribution is -1.93. The van der Waals surface area contributed by atoms with Crippen molar-refractivity contribution in [1.82, 2.24) is 15.0 Å². The van der Waals surface area contributed by atoms with Gasteiger partial charge in [0.25, 0.3) is 0 Å². The van der Waals surface area contributed by atoms with Crippen molar-refractivity contribution in [1.29, 1.82) is 0 Å². The maximum absolute atomic E-state index is 5.85. The van der Waals surface area contributed by atoms with Gasteiger partial charge in [0, 0.05) is 6.20 Å². The van der Waals surface area contributed by atoms with Crippen LogP contribution in [0.3, 0.4) is 0 Å². The third-order valence-electron chi connectivity index (χ3n) is 1.86. The molecule has 0 saturated heterocycles. The molecule has 0 fully saturated rings. The molecular formula is C10H7Cl2N3O. The molecule has 4 nitrogen and oxygen atoms in total. The van der Waals surface area contributed by atoms with Gasteiger partial charge in [-0.15, -0.1) is 0 Å². The summed E-state index contributed by atoms with van der Waals surface area (Å²) in [5.74, 6) is 0.956. The standard InChI is InChI=1S/C10H7Cl2N3O/c1-6-7(3-2-4-13-6)16-8-5-14-10(12)15-9(8)11/h2-5H,1H3. The minimum Gasteiger partial charge on any atom is -0.451 e. The largest absolute Gasteiger partial charge is 0.451 e. The second-order valence-electron chi connectivity index (χ2n) is 2.98. The van der Waals surface area contributed by atoms with E-state index in [0.29, 0.717) is 11.5 Å². The lowest BCUT2D eigenvalue weighted by atomic mass is 10.3. The van der Waals surface area contributed by atoms with Crippen LogP contribution in [0.5, 0.6) is 11.5 Å². The Morgan fingerprint density at radius 2 is 2.00 bits per heavy atom. The van der Waals surface area contributed by atoms with Crippen molar-refractivity contribution in [2.45, 2.75) is 6.92 Å². The average molecular weight is 256 g/mol. The molecule has 0 amide bonds. The van der Waals surface area contributed by atoms with Gasteiger partial charge in [-0.3, -0.25) is 4.98 Å². The first-order valence-corrected chi connectivity index (χ1v) is 5.20. The zero-order valence-electron chi connectivity index (χ0n) is 8.32. The summed E-state index contributed by atoms with van der Waals surface area (Å²) in [7, 11) is 0. The SMILES string of the molecule is Cc1ncccc1Oc1cnc(Cl)nc1Cl. The lowest BCUT2D eigenvalue weighted by molar-refractivity contribution is 0.471.